The van der Waals surface area contributed by atoms with Crippen molar-refractivity contribution in [2.24, 2.45) is 0 Å². The van der Waals surface area contributed by atoms with Crippen molar-refractivity contribution in [3.8, 4) is 39.3 Å². The zero-order chi connectivity index (χ0) is 34.0. The summed E-state index contributed by atoms with van der Waals surface area (Å²) in [5.74, 6) is 0.819. The second-order valence-electron chi connectivity index (χ2n) is 13.9. The van der Waals surface area contributed by atoms with Crippen LogP contribution in [0.25, 0.3) is 82.9 Å². The van der Waals surface area contributed by atoms with E-state index in [4.69, 9.17) is 9.97 Å². The van der Waals surface area contributed by atoms with Gasteiger partial charge in [-0.3, -0.25) is 9.55 Å². The third-order valence-electron chi connectivity index (χ3n) is 11.5. The first-order valence-corrected chi connectivity index (χ1v) is 17.8. The van der Waals surface area contributed by atoms with Gasteiger partial charge in [-0.2, -0.15) is 0 Å². The molecule has 0 fully saturated rings. The fraction of sp³-hybridized carbons (Fsp3) is 0.0208. The SMILES string of the molecule is c1cncc(-c2cccc(-c3nc4ccccc4nc3-n3c4cccc5c4c4c6c(cccc6ccc43)C53c4ccccc4-c4ccccc43)c2)c1. The summed E-state index contributed by atoms with van der Waals surface area (Å²) in [6, 6.07) is 57.2. The minimum absolute atomic E-state index is 0.463. The van der Waals surface area contributed by atoms with Crippen LogP contribution in [-0.2, 0) is 5.41 Å². The van der Waals surface area contributed by atoms with E-state index in [9.17, 15) is 0 Å². The van der Waals surface area contributed by atoms with E-state index >= 15 is 0 Å². The molecular formula is C48H28N4. The molecular weight excluding hydrogens is 633 g/mol. The summed E-state index contributed by atoms with van der Waals surface area (Å²) in [7, 11) is 0. The molecule has 240 valence electrons. The summed E-state index contributed by atoms with van der Waals surface area (Å²) in [6.07, 6.45) is 3.72. The summed E-state index contributed by atoms with van der Waals surface area (Å²) >= 11 is 0. The first kappa shape index (κ1) is 27.9. The molecule has 0 aliphatic heterocycles. The molecule has 3 heterocycles. The van der Waals surface area contributed by atoms with Gasteiger partial charge in [-0.05, 0) is 86.1 Å². The Morgan fingerprint density at radius 2 is 1.08 bits per heavy atom. The van der Waals surface area contributed by atoms with Crippen LogP contribution in [0.1, 0.15) is 22.3 Å². The Labute approximate surface area is 299 Å². The van der Waals surface area contributed by atoms with Gasteiger partial charge in [-0.25, -0.2) is 9.97 Å². The number of benzene rings is 7. The maximum Gasteiger partial charge on any atom is 0.165 e. The average Bonchev–Trinajstić information content (AvgIpc) is 3.71. The monoisotopic (exact) mass is 660 g/mol. The quantitative estimate of drug-likeness (QED) is 0.189. The molecule has 1 spiro atoms. The van der Waals surface area contributed by atoms with E-state index in [2.05, 4.69) is 149 Å². The Morgan fingerprint density at radius 3 is 1.87 bits per heavy atom. The Bertz CT molecular complexity index is 3090. The largest absolute Gasteiger partial charge is 0.292 e. The van der Waals surface area contributed by atoms with Crippen LogP contribution in [0.15, 0.2) is 170 Å². The molecule has 0 bridgehead atoms. The van der Waals surface area contributed by atoms with Gasteiger partial charge in [0, 0.05) is 34.3 Å². The van der Waals surface area contributed by atoms with Crippen LogP contribution >= 0.6 is 0 Å². The fourth-order valence-electron chi connectivity index (χ4n) is 9.46. The van der Waals surface area contributed by atoms with Gasteiger partial charge in [0.05, 0.1) is 27.5 Å². The summed E-state index contributed by atoms with van der Waals surface area (Å²) in [5, 5.41) is 5.10. The van der Waals surface area contributed by atoms with Crippen molar-refractivity contribution < 1.29 is 0 Å². The van der Waals surface area contributed by atoms with Crippen LogP contribution in [0.3, 0.4) is 0 Å². The third kappa shape index (κ3) is 3.43. The molecule has 7 aromatic carbocycles. The molecule has 10 aromatic rings. The average molecular weight is 661 g/mol. The van der Waals surface area contributed by atoms with E-state index in [1.165, 1.54) is 54.9 Å². The van der Waals surface area contributed by atoms with E-state index in [1.807, 2.05) is 30.6 Å². The van der Waals surface area contributed by atoms with Crippen molar-refractivity contribution in [2.75, 3.05) is 0 Å². The molecule has 2 aliphatic rings. The predicted molar refractivity (Wildman–Crippen MR) is 211 cm³/mol. The van der Waals surface area contributed by atoms with Crippen LogP contribution in [0.4, 0.5) is 0 Å². The predicted octanol–water partition coefficient (Wildman–Crippen LogP) is 11.3. The van der Waals surface area contributed by atoms with Crippen molar-refractivity contribution >= 4 is 43.6 Å². The molecule has 0 atom stereocenters. The minimum atomic E-state index is -0.463. The van der Waals surface area contributed by atoms with Crippen LogP contribution in [0, 0.1) is 0 Å². The van der Waals surface area contributed by atoms with Gasteiger partial charge < -0.3 is 0 Å². The summed E-state index contributed by atoms with van der Waals surface area (Å²) in [5.41, 5.74) is 15.5. The highest BCUT2D eigenvalue weighted by atomic mass is 15.1. The maximum atomic E-state index is 5.47. The lowest BCUT2D eigenvalue weighted by molar-refractivity contribution is 0.783. The highest BCUT2D eigenvalue weighted by Gasteiger charge is 2.50. The second-order valence-corrected chi connectivity index (χ2v) is 13.9. The fourth-order valence-corrected chi connectivity index (χ4v) is 9.46. The van der Waals surface area contributed by atoms with Crippen molar-refractivity contribution in [2.45, 2.75) is 5.41 Å². The van der Waals surface area contributed by atoms with Crippen molar-refractivity contribution in [1.29, 1.82) is 0 Å². The first-order chi connectivity index (χ1) is 25.8. The Balaban J connectivity index is 1.24. The Hall–Kier alpha value is -6.91. The molecule has 12 rings (SSSR count). The molecule has 2 aliphatic carbocycles. The van der Waals surface area contributed by atoms with Crippen molar-refractivity contribution in [3.05, 3.63) is 192 Å². The second kappa shape index (κ2) is 10.1. The van der Waals surface area contributed by atoms with Crippen LogP contribution in [0.5, 0.6) is 0 Å². The van der Waals surface area contributed by atoms with Gasteiger partial charge in [0.2, 0.25) is 0 Å². The molecule has 4 heteroatoms. The van der Waals surface area contributed by atoms with Crippen molar-refractivity contribution in [3.63, 3.8) is 0 Å². The molecule has 4 nitrogen and oxygen atoms in total. The van der Waals surface area contributed by atoms with Gasteiger partial charge in [0.25, 0.3) is 0 Å². The smallest absolute Gasteiger partial charge is 0.165 e. The lowest BCUT2D eigenvalue weighted by atomic mass is 9.63. The topological polar surface area (TPSA) is 43.6 Å². The molecule has 0 saturated heterocycles. The number of pyridine rings is 1. The number of rotatable bonds is 3. The lowest BCUT2D eigenvalue weighted by Crippen LogP contribution is -2.30. The summed E-state index contributed by atoms with van der Waals surface area (Å²) in [4.78, 5) is 15.2. The molecule has 0 N–H and O–H groups in total. The number of nitrogens with zero attached hydrogens (tertiary/aromatic N) is 4. The van der Waals surface area contributed by atoms with Gasteiger partial charge in [0.1, 0.15) is 5.69 Å². The summed E-state index contributed by atoms with van der Waals surface area (Å²) < 4.78 is 2.38. The van der Waals surface area contributed by atoms with Gasteiger partial charge >= 0.3 is 0 Å². The Kier molecular flexibility index (Phi) is 5.40. The number of hydrogen-bond acceptors (Lipinski definition) is 3. The summed E-state index contributed by atoms with van der Waals surface area (Å²) in [6.45, 7) is 0. The van der Waals surface area contributed by atoms with Gasteiger partial charge in [-0.15, -0.1) is 0 Å². The molecule has 52 heavy (non-hydrogen) atoms. The zero-order valence-corrected chi connectivity index (χ0v) is 28.0. The van der Waals surface area contributed by atoms with Gasteiger partial charge in [0.15, 0.2) is 5.82 Å². The standard InChI is InChI=1S/C48H28N4/c1-3-17-35-33(15-1)34-16-2-4-18-36(34)48(35)37-19-8-11-29-24-25-42-45(43(29)37)44-38(48)20-9-23-41(44)52(42)47-46(50-39-21-5-6-22-40(39)51-47)31-13-7-12-30(27-31)32-14-10-26-49-28-32/h1-28H. The number of hydrogen-bond donors (Lipinski definition) is 0. The van der Waals surface area contributed by atoms with E-state index < -0.39 is 5.41 Å². The first-order valence-electron chi connectivity index (χ1n) is 17.8. The number of para-hydroxylation sites is 2. The normalized spacial score (nSPS) is 13.5. The van der Waals surface area contributed by atoms with Gasteiger partial charge in [-0.1, -0.05) is 121 Å². The molecule has 3 aromatic heterocycles. The number of aromatic nitrogens is 4. The van der Waals surface area contributed by atoms with Crippen LogP contribution < -0.4 is 0 Å². The maximum absolute atomic E-state index is 5.47. The number of fused-ring (bicyclic) bond motifs is 8. The molecule has 0 radical (unpaired) electrons. The highest BCUT2D eigenvalue weighted by Crippen LogP contribution is 2.62. The highest BCUT2D eigenvalue weighted by molar-refractivity contribution is 6.26. The minimum Gasteiger partial charge on any atom is -0.292 e. The van der Waals surface area contributed by atoms with Crippen LogP contribution in [-0.4, -0.2) is 19.5 Å². The van der Waals surface area contributed by atoms with E-state index in [-0.39, 0.29) is 0 Å². The van der Waals surface area contributed by atoms with Crippen LogP contribution in [0.2, 0.25) is 0 Å². The molecule has 0 amide bonds. The van der Waals surface area contributed by atoms with E-state index in [0.717, 1.165) is 50.3 Å². The lowest BCUT2D eigenvalue weighted by Gasteiger charge is -2.37. The zero-order valence-electron chi connectivity index (χ0n) is 28.0. The van der Waals surface area contributed by atoms with E-state index in [0.29, 0.717) is 0 Å². The van der Waals surface area contributed by atoms with E-state index in [1.54, 1.807) is 0 Å². The Morgan fingerprint density at radius 1 is 0.442 bits per heavy atom. The van der Waals surface area contributed by atoms with Crippen molar-refractivity contribution in [1.82, 2.24) is 19.5 Å². The molecule has 0 unspecified atom stereocenters. The third-order valence-corrected chi connectivity index (χ3v) is 11.5. The molecule has 0 saturated carbocycles.